The Morgan fingerprint density at radius 2 is 2.22 bits per heavy atom. The molecule has 6 nitrogen and oxygen atoms in total. The fraction of sp³-hybridized carbons (Fsp3) is 0.421. The summed E-state index contributed by atoms with van der Waals surface area (Å²) in [5.41, 5.74) is 8.60. The van der Waals surface area contributed by atoms with Crippen molar-refractivity contribution >= 4 is 40.0 Å². The normalized spacial score (nSPS) is 21.1. The van der Waals surface area contributed by atoms with Gasteiger partial charge >= 0.3 is 0 Å². The highest BCUT2D eigenvalue weighted by Crippen LogP contribution is 2.19. The lowest BCUT2D eigenvalue weighted by atomic mass is 10.1. The van der Waals surface area contributed by atoms with Crippen molar-refractivity contribution in [3.05, 3.63) is 47.8 Å². The lowest BCUT2D eigenvalue weighted by Gasteiger charge is -2.19. The summed E-state index contributed by atoms with van der Waals surface area (Å²) in [6, 6.07) is 7.58. The van der Waals surface area contributed by atoms with Gasteiger partial charge in [0.1, 0.15) is 0 Å². The number of nitrogens with two attached hydrogens (primary N) is 1. The van der Waals surface area contributed by atoms with Gasteiger partial charge in [0.05, 0.1) is 11.9 Å². The summed E-state index contributed by atoms with van der Waals surface area (Å²) in [5, 5.41) is 10.3. The minimum Gasteiger partial charge on any atom is -0.347 e. The Bertz CT molecular complexity index is 708. The van der Waals surface area contributed by atoms with Crippen LogP contribution in [-0.4, -0.2) is 39.5 Å². The van der Waals surface area contributed by atoms with E-state index >= 15 is 0 Å². The zero-order valence-electron chi connectivity index (χ0n) is 15.4. The minimum atomic E-state index is -0.200. The SMILES string of the molecule is CSC(=N/C(=C/Cl)c1ccccc[nH]nc1)C(=O)NC1CCCCC(N)C1. The smallest absolute Gasteiger partial charge is 0.276 e. The third-order valence-electron chi connectivity index (χ3n) is 4.26. The molecule has 1 amide bonds. The predicted octanol–water partition coefficient (Wildman–Crippen LogP) is 3.61. The molecule has 0 aromatic carbocycles. The summed E-state index contributed by atoms with van der Waals surface area (Å²) in [4.78, 5) is 17.2. The molecule has 0 radical (unpaired) electrons. The molecule has 0 spiro atoms. The third kappa shape index (κ3) is 7.36. The van der Waals surface area contributed by atoms with Crippen molar-refractivity contribution in [2.45, 2.75) is 44.2 Å². The molecule has 1 fully saturated rings. The topological polar surface area (TPSA) is 96.2 Å². The van der Waals surface area contributed by atoms with Gasteiger partial charge in [-0.1, -0.05) is 42.6 Å². The number of hydrogen-bond donors (Lipinski definition) is 3. The lowest BCUT2D eigenvalue weighted by Crippen LogP contribution is -2.40. The monoisotopic (exact) mass is 407 g/mol. The highest BCUT2D eigenvalue weighted by Gasteiger charge is 2.21. The largest absolute Gasteiger partial charge is 0.347 e. The van der Waals surface area contributed by atoms with Crippen LogP contribution in [0.2, 0.25) is 0 Å². The molecule has 1 aliphatic carbocycles. The van der Waals surface area contributed by atoms with Gasteiger partial charge in [-0.3, -0.25) is 9.89 Å². The van der Waals surface area contributed by atoms with Crippen LogP contribution in [0.4, 0.5) is 0 Å². The van der Waals surface area contributed by atoms with Gasteiger partial charge in [-0.2, -0.15) is 5.10 Å². The maximum atomic E-state index is 12.7. The number of aromatic amines is 1. The van der Waals surface area contributed by atoms with E-state index in [1.807, 2.05) is 30.5 Å². The second kappa shape index (κ2) is 11.8. The molecule has 1 heterocycles. The van der Waals surface area contributed by atoms with Gasteiger partial charge in [-0.15, -0.1) is 11.8 Å². The Kier molecular flexibility index (Phi) is 9.38. The van der Waals surface area contributed by atoms with Crippen molar-refractivity contribution in [2.75, 3.05) is 6.26 Å². The fourth-order valence-corrected chi connectivity index (χ4v) is 3.50. The first-order valence-electron chi connectivity index (χ1n) is 8.96. The molecule has 1 aliphatic rings. The van der Waals surface area contributed by atoms with Crippen molar-refractivity contribution in [1.29, 1.82) is 0 Å². The summed E-state index contributed by atoms with van der Waals surface area (Å²) in [5.74, 6) is -0.200. The number of thioether (sulfide) groups is 1. The van der Waals surface area contributed by atoms with E-state index in [1.54, 1.807) is 12.4 Å². The molecule has 0 aliphatic heterocycles. The molecule has 0 saturated heterocycles. The van der Waals surface area contributed by atoms with E-state index in [0.717, 1.165) is 32.1 Å². The van der Waals surface area contributed by atoms with Gasteiger partial charge in [0, 0.05) is 29.4 Å². The van der Waals surface area contributed by atoms with Gasteiger partial charge in [0.15, 0.2) is 5.04 Å². The van der Waals surface area contributed by atoms with E-state index in [0.29, 0.717) is 16.3 Å². The zero-order valence-corrected chi connectivity index (χ0v) is 17.0. The summed E-state index contributed by atoms with van der Waals surface area (Å²) < 4.78 is 0. The van der Waals surface area contributed by atoms with Gasteiger partial charge in [-0.05, 0) is 31.6 Å². The number of carbonyl (C=O) groups is 1. The number of carbonyl (C=O) groups excluding carboxylic acids is 1. The average Bonchev–Trinajstić information content (AvgIpc) is 2.77. The van der Waals surface area contributed by atoms with E-state index in [2.05, 4.69) is 20.5 Å². The number of H-pyrrole nitrogens is 1. The zero-order chi connectivity index (χ0) is 19.5. The summed E-state index contributed by atoms with van der Waals surface area (Å²) in [6.45, 7) is 0. The third-order valence-corrected chi connectivity index (χ3v) is 5.13. The number of hydrogen-bond acceptors (Lipinski definition) is 5. The van der Waals surface area contributed by atoms with Crippen molar-refractivity contribution in [1.82, 2.24) is 15.5 Å². The molecule has 27 heavy (non-hydrogen) atoms. The molecular weight excluding hydrogens is 382 g/mol. The van der Waals surface area contributed by atoms with E-state index in [-0.39, 0.29) is 18.0 Å². The summed E-state index contributed by atoms with van der Waals surface area (Å²) in [7, 11) is 0. The number of nitrogens with zero attached hydrogens (tertiary/aromatic N) is 2. The number of halogens is 1. The first-order chi connectivity index (χ1) is 13.1. The highest BCUT2D eigenvalue weighted by atomic mass is 35.5. The summed E-state index contributed by atoms with van der Waals surface area (Å²) in [6.07, 6.45) is 10.1. The molecule has 8 heteroatoms. The Morgan fingerprint density at radius 3 is 3.00 bits per heavy atom. The average molecular weight is 408 g/mol. The van der Waals surface area contributed by atoms with Crippen molar-refractivity contribution < 1.29 is 4.79 Å². The van der Waals surface area contributed by atoms with E-state index in [1.165, 1.54) is 17.3 Å². The number of aromatic nitrogens is 2. The molecule has 2 atom stereocenters. The Labute approximate surface area is 169 Å². The van der Waals surface area contributed by atoms with Crippen molar-refractivity contribution in [3.63, 3.8) is 0 Å². The van der Waals surface area contributed by atoms with Crippen LogP contribution in [0.5, 0.6) is 0 Å². The van der Waals surface area contributed by atoms with Crippen LogP contribution in [0.15, 0.2) is 47.2 Å². The molecular formula is C19H26ClN5OS. The molecule has 2 unspecified atom stereocenters. The second-order valence-electron chi connectivity index (χ2n) is 6.32. The fourth-order valence-electron chi connectivity index (χ4n) is 2.89. The first kappa shape index (κ1) is 21.5. The number of rotatable bonds is 3. The van der Waals surface area contributed by atoms with Crippen LogP contribution in [-0.2, 0) is 4.79 Å². The van der Waals surface area contributed by atoms with E-state index in [9.17, 15) is 4.79 Å². The minimum absolute atomic E-state index is 0.0830. The quantitative estimate of drug-likeness (QED) is 0.405. The van der Waals surface area contributed by atoms with Gasteiger partial charge in [-0.25, -0.2) is 4.99 Å². The predicted molar refractivity (Wildman–Crippen MR) is 114 cm³/mol. The molecule has 0 bridgehead atoms. The molecule has 4 N–H and O–H groups in total. The molecule has 1 aromatic rings. The number of amides is 1. The number of aliphatic imine (C=N–C) groups is 1. The maximum Gasteiger partial charge on any atom is 0.276 e. The Morgan fingerprint density at radius 1 is 1.41 bits per heavy atom. The number of nitrogens with one attached hydrogen (secondary N) is 2. The first-order valence-corrected chi connectivity index (χ1v) is 10.6. The van der Waals surface area contributed by atoms with Crippen LogP contribution < -0.4 is 11.1 Å². The maximum absolute atomic E-state index is 12.7. The van der Waals surface area contributed by atoms with Crippen LogP contribution in [0.3, 0.4) is 0 Å². The summed E-state index contributed by atoms with van der Waals surface area (Å²) >= 11 is 7.27. The molecule has 1 aromatic heterocycles. The van der Waals surface area contributed by atoms with Gasteiger partial charge < -0.3 is 11.1 Å². The van der Waals surface area contributed by atoms with Crippen LogP contribution in [0.1, 0.15) is 37.7 Å². The van der Waals surface area contributed by atoms with E-state index < -0.39 is 0 Å². The Hall–Kier alpha value is -1.83. The standard InChI is InChI=1S/C19H26ClN5OS/c1-27-19(18(26)24-16-9-5-4-8-15(21)11-16)25-17(12-20)14-7-3-2-6-10-22-23-13-14/h2-3,6-7,10,12-13,15-16,22H,4-5,8-9,11,21H2,1H3,(H,24,26)/b3-2?,10-6?,14-7?,17-12+,23-13?,25-19?. The van der Waals surface area contributed by atoms with Crippen molar-refractivity contribution in [2.24, 2.45) is 10.7 Å². The van der Waals surface area contributed by atoms with Gasteiger partial charge in [0.2, 0.25) is 0 Å². The van der Waals surface area contributed by atoms with Crippen LogP contribution >= 0.6 is 23.4 Å². The lowest BCUT2D eigenvalue weighted by molar-refractivity contribution is -0.115. The van der Waals surface area contributed by atoms with Crippen molar-refractivity contribution in [3.8, 4) is 0 Å². The molecule has 1 saturated carbocycles. The Balaban J connectivity index is 2.19. The van der Waals surface area contributed by atoms with Gasteiger partial charge in [0.25, 0.3) is 5.91 Å². The molecule has 146 valence electrons. The molecule has 2 rings (SSSR count). The van der Waals surface area contributed by atoms with Crippen LogP contribution in [0.25, 0.3) is 5.70 Å². The van der Waals surface area contributed by atoms with Crippen LogP contribution in [0, 0.1) is 0 Å². The second-order valence-corrected chi connectivity index (χ2v) is 7.33. The highest BCUT2D eigenvalue weighted by molar-refractivity contribution is 8.15. The van der Waals surface area contributed by atoms with E-state index in [4.69, 9.17) is 17.3 Å².